The molecule has 0 aromatic heterocycles. The maximum atomic E-state index is 5.90. The first-order valence-electron chi connectivity index (χ1n) is 7.51. The zero-order valence-corrected chi connectivity index (χ0v) is 12.7. The minimum absolute atomic E-state index is 0.413. The van der Waals surface area contributed by atoms with Gasteiger partial charge in [-0.25, -0.2) is 0 Å². The molecule has 3 N–H and O–H groups in total. The molecule has 0 saturated heterocycles. The Morgan fingerprint density at radius 1 is 1.22 bits per heavy atom. The van der Waals surface area contributed by atoms with E-state index in [1.807, 2.05) is 0 Å². The first-order chi connectivity index (χ1) is 8.55. The van der Waals surface area contributed by atoms with Crippen molar-refractivity contribution >= 4 is 0 Å². The Balaban J connectivity index is 2.73. The monoisotopic (exact) mass is 256 g/mol. The first kappa shape index (κ1) is 15.9. The zero-order chi connectivity index (χ0) is 13.6. The van der Waals surface area contributed by atoms with Gasteiger partial charge in [-0.3, -0.25) is 11.3 Å². The summed E-state index contributed by atoms with van der Waals surface area (Å²) in [7, 11) is 1.77. The standard InChI is InChI=1S/C15H32N2O/c1-12(2)11-15(8-5-6-9-15)14(17-16)13(3)7-10-18-4/h12-14,17H,5-11,16H2,1-4H3. The minimum atomic E-state index is 0.413. The SMILES string of the molecule is COCCC(C)C(NN)C1(CC(C)C)CCCC1. The highest BCUT2D eigenvalue weighted by atomic mass is 16.5. The summed E-state index contributed by atoms with van der Waals surface area (Å²) in [6, 6.07) is 0.428. The summed E-state index contributed by atoms with van der Waals surface area (Å²) in [6.45, 7) is 7.79. The van der Waals surface area contributed by atoms with E-state index in [2.05, 4.69) is 26.2 Å². The highest BCUT2D eigenvalue weighted by Gasteiger charge is 2.43. The molecule has 3 heteroatoms. The van der Waals surface area contributed by atoms with Crippen LogP contribution in [0.5, 0.6) is 0 Å². The zero-order valence-electron chi connectivity index (χ0n) is 12.7. The fraction of sp³-hybridized carbons (Fsp3) is 1.00. The Labute approximate surface area is 113 Å². The number of ether oxygens (including phenoxy) is 1. The van der Waals surface area contributed by atoms with Crippen molar-refractivity contribution in [2.24, 2.45) is 23.1 Å². The number of hydrazine groups is 1. The predicted molar refractivity (Wildman–Crippen MR) is 77.1 cm³/mol. The fourth-order valence-electron chi connectivity index (χ4n) is 3.95. The maximum absolute atomic E-state index is 5.90. The van der Waals surface area contributed by atoms with Crippen LogP contribution in [0.4, 0.5) is 0 Å². The lowest BCUT2D eigenvalue weighted by Crippen LogP contribution is -2.51. The van der Waals surface area contributed by atoms with E-state index in [1.54, 1.807) is 7.11 Å². The quantitative estimate of drug-likeness (QED) is 0.518. The van der Waals surface area contributed by atoms with Gasteiger partial charge in [0.25, 0.3) is 0 Å². The van der Waals surface area contributed by atoms with Crippen LogP contribution in [0.1, 0.15) is 59.3 Å². The molecule has 1 aliphatic rings. The van der Waals surface area contributed by atoms with Gasteiger partial charge < -0.3 is 4.74 Å². The van der Waals surface area contributed by atoms with Crippen molar-refractivity contribution in [2.45, 2.75) is 65.3 Å². The number of hydrogen-bond acceptors (Lipinski definition) is 3. The molecule has 0 amide bonds. The second-order valence-electron chi connectivity index (χ2n) is 6.57. The third kappa shape index (κ3) is 3.94. The van der Waals surface area contributed by atoms with E-state index < -0.39 is 0 Å². The summed E-state index contributed by atoms with van der Waals surface area (Å²) in [5, 5.41) is 0. The van der Waals surface area contributed by atoms with Crippen molar-refractivity contribution in [1.29, 1.82) is 0 Å². The van der Waals surface area contributed by atoms with E-state index in [4.69, 9.17) is 10.6 Å². The smallest absolute Gasteiger partial charge is 0.0465 e. The summed E-state index contributed by atoms with van der Waals surface area (Å²) >= 11 is 0. The molecule has 1 fully saturated rings. The van der Waals surface area contributed by atoms with Gasteiger partial charge in [-0.15, -0.1) is 0 Å². The van der Waals surface area contributed by atoms with Crippen LogP contribution < -0.4 is 11.3 Å². The van der Waals surface area contributed by atoms with Crippen LogP contribution >= 0.6 is 0 Å². The van der Waals surface area contributed by atoms with Crippen LogP contribution in [0.25, 0.3) is 0 Å². The Morgan fingerprint density at radius 2 is 1.83 bits per heavy atom. The number of rotatable bonds is 8. The average molecular weight is 256 g/mol. The molecule has 0 heterocycles. The second kappa shape index (κ2) is 7.46. The van der Waals surface area contributed by atoms with Gasteiger partial charge in [0.2, 0.25) is 0 Å². The number of hydrogen-bond donors (Lipinski definition) is 2. The third-order valence-electron chi connectivity index (χ3n) is 4.60. The molecular weight excluding hydrogens is 224 g/mol. The summed E-state index contributed by atoms with van der Waals surface area (Å²) in [6.07, 6.45) is 7.77. The summed E-state index contributed by atoms with van der Waals surface area (Å²) < 4.78 is 5.22. The van der Waals surface area contributed by atoms with Gasteiger partial charge >= 0.3 is 0 Å². The van der Waals surface area contributed by atoms with Gasteiger partial charge in [0.05, 0.1) is 0 Å². The van der Waals surface area contributed by atoms with Crippen LogP contribution in [-0.2, 0) is 4.74 Å². The summed E-state index contributed by atoms with van der Waals surface area (Å²) in [5.74, 6) is 7.22. The van der Waals surface area contributed by atoms with Gasteiger partial charge in [0.15, 0.2) is 0 Å². The highest BCUT2D eigenvalue weighted by Crippen LogP contribution is 2.48. The number of nitrogens with one attached hydrogen (secondary N) is 1. The van der Waals surface area contributed by atoms with E-state index in [9.17, 15) is 0 Å². The molecule has 0 aliphatic heterocycles. The number of methoxy groups -OCH3 is 1. The largest absolute Gasteiger partial charge is 0.385 e. The van der Waals surface area contributed by atoms with Crippen LogP contribution in [0.3, 0.4) is 0 Å². The van der Waals surface area contributed by atoms with Gasteiger partial charge in [-0.1, -0.05) is 33.6 Å². The van der Waals surface area contributed by atoms with Crippen molar-refractivity contribution in [1.82, 2.24) is 5.43 Å². The van der Waals surface area contributed by atoms with Crippen LogP contribution in [-0.4, -0.2) is 19.8 Å². The van der Waals surface area contributed by atoms with Crippen molar-refractivity contribution in [3.8, 4) is 0 Å². The summed E-state index contributed by atoms with van der Waals surface area (Å²) in [5.41, 5.74) is 3.56. The molecule has 0 aromatic carbocycles. The predicted octanol–water partition coefficient (Wildman–Crippen LogP) is 3.10. The fourth-order valence-corrected chi connectivity index (χ4v) is 3.95. The molecule has 0 spiro atoms. The second-order valence-corrected chi connectivity index (χ2v) is 6.57. The first-order valence-corrected chi connectivity index (χ1v) is 7.51. The van der Waals surface area contributed by atoms with Gasteiger partial charge in [-0.05, 0) is 42.9 Å². The van der Waals surface area contributed by atoms with Gasteiger partial charge in [-0.2, -0.15) is 0 Å². The maximum Gasteiger partial charge on any atom is 0.0465 e. The molecule has 3 nitrogen and oxygen atoms in total. The molecule has 0 radical (unpaired) electrons. The molecule has 1 aliphatic carbocycles. The van der Waals surface area contributed by atoms with E-state index >= 15 is 0 Å². The molecule has 18 heavy (non-hydrogen) atoms. The lowest BCUT2D eigenvalue weighted by molar-refractivity contribution is 0.0936. The Kier molecular flexibility index (Phi) is 6.61. The normalized spacial score (nSPS) is 22.3. The van der Waals surface area contributed by atoms with Gasteiger partial charge in [0.1, 0.15) is 0 Å². The van der Waals surface area contributed by atoms with Crippen molar-refractivity contribution in [2.75, 3.05) is 13.7 Å². The van der Waals surface area contributed by atoms with Crippen LogP contribution in [0, 0.1) is 17.3 Å². The molecule has 2 unspecified atom stereocenters. The Hall–Kier alpha value is -0.120. The van der Waals surface area contributed by atoms with Crippen LogP contribution in [0.2, 0.25) is 0 Å². The molecule has 2 atom stereocenters. The molecule has 0 bridgehead atoms. The molecular formula is C15H32N2O. The molecule has 0 aromatic rings. The average Bonchev–Trinajstić information content (AvgIpc) is 2.75. The van der Waals surface area contributed by atoms with Crippen molar-refractivity contribution in [3.05, 3.63) is 0 Å². The van der Waals surface area contributed by atoms with E-state index in [1.165, 1.54) is 32.1 Å². The van der Waals surface area contributed by atoms with E-state index in [0.717, 1.165) is 18.9 Å². The number of nitrogens with two attached hydrogens (primary N) is 1. The molecule has 108 valence electrons. The minimum Gasteiger partial charge on any atom is -0.385 e. The Bertz CT molecular complexity index is 225. The Morgan fingerprint density at radius 3 is 2.28 bits per heavy atom. The molecule has 1 saturated carbocycles. The van der Waals surface area contributed by atoms with E-state index in [-0.39, 0.29) is 0 Å². The molecule has 1 rings (SSSR count). The highest BCUT2D eigenvalue weighted by molar-refractivity contribution is 4.96. The summed E-state index contributed by atoms with van der Waals surface area (Å²) in [4.78, 5) is 0. The van der Waals surface area contributed by atoms with Crippen LogP contribution in [0.15, 0.2) is 0 Å². The van der Waals surface area contributed by atoms with Crippen molar-refractivity contribution in [3.63, 3.8) is 0 Å². The van der Waals surface area contributed by atoms with E-state index in [0.29, 0.717) is 17.4 Å². The lowest BCUT2D eigenvalue weighted by atomic mass is 9.68. The lowest BCUT2D eigenvalue weighted by Gasteiger charge is -2.42. The van der Waals surface area contributed by atoms with Crippen molar-refractivity contribution < 1.29 is 4.74 Å². The topological polar surface area (TPSA) is 47.3 Å². The third-order valence-corrected chi connectivity index (χ3v) is 4.60. The van der Waals surface area contributed by atoms with Gasteiger partial charge in [0, 0.05) is 19.8 Å².